The molecule has 1 aromatic carbocycles. The normalized spacial score (nSPS) is 20.1. The monoisotopic (exact) mass is 262 g/mol. The zero-order valence-corrected chi connectivity index (χ0v) is 11.9. The molecule has 1 aliphatic rings. The van der Waals surface area contributed by atoms with E-state index >= 15 is 0 Å². The van der Waals surface area contributed by atoms with Gasteiger partial charge in [0.25, 0.3) is 0 Å². The van der Waals surface area contributed by atoms with Crippen LogP contribution in [0.25, 0.3) is 0 Å². The molecule has 3 N–H and O–H groups in total. The van der Waals surface area contributed by atoms with Crippen LogP contribution in [-0.4, -0.2) is 19.3 Å². The lowest BCUT2D eigenvalue weighted by Gasteiger charge is -2.44. The molecule has 3 heteroatoms. The molecular weight excluding hydrogens is 236 g/mol. The van der Waals surface area contributed by atoms with Crippen LogP contribution >= 0.6 is 0 Å². The lowest BCUT2D eigenvalue weighted by Crippen LogP contribution is -2.53. The van der Waals surface area contributed by atoms with E-state index in [4.69, 9.17) is 10.6 Å². The summed E-state index contributed by atoms with van der Waals surface area (Å²) >= 11 is 0. The van der Waals surface area contributed by atoms with Crippen LogP contribution in [0.3, 0.4) is 0 Å². The van der Waals surface area contributed by atoms with Gasteiger partial charge in [0.1, 0.15) is 0 Å². The standard InChI is InChI=1S/C16H26N2O/c1-2-3-9-15(18-17)16(10-12-19-13-11-16)14-7-5-4-6-8-14/h4-8,15,18H,2-3,9-13,17H2,1H3. The average Bonchev–Trinajstić information content (AvgIpc) is 2.50. The maximum absolute atomic E-state index is 5.88. The molecule has 0 radical (unpaired) electrons. The predicted molar refractivity (Wildman–Crippen MR) is 78.8 cm³/mol. The van der Waals surface area contributed by atoms with Crippen LogP contribution in [0.5, 0.6) is 0 Å². The SMILES string of the molecule is CCCCC(NN)C1(c2ccccc2)CCOCC1. The van der Waals surface area contributed by atoms with E-state index < -0.39 is 0 Å². The van der Waals surface area contributed by atoms with E-state index in [1.165, 1.54) is 18.4 Å². The number of hydrazine groups is 1. The smallest absolute Gasteiger partial charge is 0.0475 e. The Morgan fingerprint density at radius 3 is 2.53 bits per heavy atom. The third-order valence-corrected chi connectivity index (χ3v) is 4.45. The second-order valence-corrected chi connectivity index (χ2v) is 5.50. The molecule has 0 saturated carbocycles. The summed E-state index contributed by atoms with van der Waals surface area (Å²) in [6, 6.07) is 11.1. The Morgan fingerprint density at radius 1 is 1.26 bits per heavy atom. The first-order chi connectivity index (χ1) is 9.33. The van der Waals surface area contributed by atoms with Crippen molar-refractivity contribution >= 4 is 0 Å². The number of benzene rings is 1. The molecule has 1 aromatic rings. The second-order valence-electron chi connectivity index (χ2n) is 5.50. The van der Waals surface area contributed by atoms with Crippen molar-refractivity contribution in [1.29, 1.82) is 0 Å². The number of unbranched alkanes of at least 4 members (excludes halogenated alkanes) is 1. The highest BCUT2D eigenvalue weighted by Gasteiger charge is 2.40. The molecule has 3 nitrogen and oxygen atoms in total. The summed E-state index contributed by atoms with van der Waals surface area (Å²) in [4.78, 5) is 0. The van der Waals surface area contributed by atoms with Gasteiger partial charge in [0.05, 0.1) is 0 Å². The molecule has 0 bridgehead atoms. The third-order valence-electron chi connectivity index (χ3n) is 4.45. The first-order valence-electron chi connectivity index (χ1n) is 7.43. The molecule has 0 aromatic heterocycles. The Bertz CT molecular complexity index is 360. The van der Waals surface area contributed by atoms with Crippen LogP contribution in [0.1, 0.15) is 44.6 Å². The van der Waals surface area contributed by atoms with Crippen molar-refractivity contribution in [2.24, 2.45) is 5.84 Å². The minimum absolute atomic E-state index is 0.128. The van der Waals surface area contributed by atoms with E-state index in [9.17, 15) is 0 Å². The van der Waals surface area contributed by atoms with Crippen molar-refractivity contribution in [1.82, 2.24) is 5.43 Å². The zero-order valence-electron chi connectivity index (χ0n) is 11.9. The molecule has 1 unspecified atom stereocenters. The Hall–Kier alpha value is -0.900. The molecule has 1 heterocycles. The van der Waals surface area contributed by atoms with Gasteiger partial charge in [0.15, 0.2) is 0 Å². The molecule has 0 spiro atoms. The number of hydrogen-bond acceptors (Lipinski definition) is 3. The number of hydrogen-bond donors (Lipinski definition) is 2. The van der Waals surface area contributed by atoms with E-state index in [-0.39, 0.29) is 5.41 Å². The largest absolute Gasteiger partial charge is 0.381 e. The predicted octanol–water partition coefficient (Wildman–Crippen LogP) is 2.76. The molecule has 1 atom stereocenters. The fraction of sp³-hybridized carbons (Fsp3) is 0.625. The van der Waals surface area contributed by atoms with Crippen LogP contribution in [0, 0.1) is 0 Å². The number of ether oxygens (including phenoxy) is 1. The number of rotatable bonds is 6. The minimum atomic E-state index is 0.128. The van der Waals surface area contributed by atoms with Crippen molar-refractivity contribution < 1.29 is 4.74 Å². The van der Waals surface area contributed by atoms with Gasteiger partial charge in [-0.05, 0) is 24.8 Å². The molecule has 1 fully saturated rings. The summed E-state index contributed by atoms with van der Waals surface area (Å²) < 4.78 is 5.58. The van der Waals surface area contributed by atoms with Crippen molar-refractivity contribution in [3.05, 3.63) is 35.9 Å². The lowest BCUT2D eigenvalue weighted by atomic mass is 9.67. The highest BCUT2D eigenvalue weighted by molar-refractivity contribution is 5.28. The van der Waals surface area contributed by atoms with Gasteiger partial charge < -0.3 is 4.74 Å². The maximum Gasteiger partial charge on any atom is 0.0475 e. The van der Waals surface area contributed by atoms with Gasteiger partial charge >= 0.3 is 0 Å². The first kappa shape index (κ1) is 14.5. The van der Waals surface area contributed by atoms with E-state index in [0.717, 1.165) is 32.5 Å². The highest BCUT2D eigenvalue weighted by Crippen LogP contribution is 2.39. The quantitative estimate of drug-likeness (QED) is 0.612. The van der Waals surface area contributed by atoms with Gasteiger partial charge in [-0.2, -0.15) is 0 Å². The van der Waals surface area contributed by atoms with Crippen LogP contribution in [0.15, 0.2) is 30.3 Å². The van der Waals surface area contributed by atoms with Crippen molar-refractivity contribution in [2.45, 2.75) is 50.5 Å². The third kappa shape index (κ3) is 3.16. The molecule has 1 aliphatic heterocycles. The van der Waals surface area contributed by atoms with E-state index in [1.54, 1.807) is 0 Å². The molecule has 19 heavy (non-hydrogen) atoms. The molecule has 0 aliphatic carbocycles. The number of nitrogens with two attached hydrogens (primary N) is 1. The van der Waals surface area contributed by atoms with E-state index in [2.05, 4.69) is 42.7 Å². The number of nitrogens with one attached hydrogen (secondary N) is 1. The summed E-state index contributed by atoms with van der Waals surface area (Å²) in [5.74, 6) is 5.88. The molecule has 0 amide bonds. The van der Waals surface area contributed by atoms with Gasteiger partial charge in [0, 0.05) is 24.7 Å². The van der Waals surface area contributed by atoms with Crippen LogP contribution in [0.2, 0.25) is 0 Å². The first-order valence-corrected chi connectivity index (χ1v) is 7.43. The summed E-state index contributed by atoms with van der Waals surface area (Å²) in [5.41, 5.74) is 4.62. The van der Waals surface area contributed by atoms with Crippen LogP contribution < -0.4 is 11.3 Å². The summed E-state index contributed by atoms with van der Waals surface area (Å²) in [6.45, 7) is 3.89. The second kappa shape index (κ2) is 7.04. The summed E-state index contributed by atoms with van der Waals surface area (Å²) in [5, 5.41) is 0. The summed E-state index contributed by atoms with van der Waals surface area (Å²) in [7, 11) is 0. The van der Waals surface area contributed by atoms with Gasteiger partial charge in [-0.15, -0.1) is 0 Å². The van der Waals surface area contributed by atoms with Gasteiger partial charge in [0.2, 0.25) is 0 Å². The minimum Gasteiger partial charge on any atom is -0.381 e. The van der Waals surface area contributed by atoms with E-state index in [1.807, 2.05) is 0 Å². The Balaban J connectivity index is 2.27. The van der Waals surface area contributed by atoms with Gasteiger partial charge in [-0.3, -0.25) is 11.3 Å². The van der Waals surface area contributed by atoms with Crippen molar-refractivity contribution in [3.8, 4) is 0 Å². The topological polar surface area (TPSA) is 47.3 Å². The average molecular weight is 262 g/mol. The molecule has 2 rings (SSSR count). The van der Waals surface area contributed by atoms with Gasteiger partial charge in [-0.1, -0.05) is 50.1 Å². The lowest BCUT2D eigenvalue weighted by molar-refractivity contribution is 0.0326. The molecule has 1 saturated heterocycles. The fourth-order valence-corrected chi connectivity index (χ4v) is 3.27. The molecular formula is C16H26N2O. The Kier molecular flexibility index (Phi) is 5.37. The highest BCUT2D eigenvalue weighted by atomic mass is 16.5. The zero-order chi connectivity index (χ0) is 13.6. The maximum atomic E-state index is 5.88. The summed E-state index contributed by atoms with van der Waals surface area (Å²) in [6.07, 6.45) is 5.65. The van der Waals surface area contributed by atoms with E-state index in [0.29, 0.717) is 6.04 Å². The van der Waals surface area contributed by atoms with Crippen LogP contribution in [0.4, 0.5) is 0 Å². The fourth-order valence-electron chi connectivity index (χ4n) is 3.27. The van der Waals surface area contributed by atoms with Crippen molar-refractivity contribution in [2.75, 3.05) is 13.2 Å². The molecule has 106 valence electrons. The van der Waals surface area contributed by atoms with Crippen LogP contribution in [-0.2, 0) is 10.2 Å². The van der Waals surface area contributed by atoms with Gasteiger partial charge in [-0.25, -0.2) is 0 Å². The Morgan fingerprint density at radius 2 is 1.95 bits per heavy atom. The van der Waals surface area contributed by atoms with Crippen molar-refractivity contribution in [3.63, 3.8) is 0 Å². The Labute approximate surface area is 116 Å².